The molecule has 3 aromatic rings. The Morgan fingerprint density at radius 3 is 2.44 bits per heavy atom. The molecule has 7 heteroatoms. The zero-order chi connectivity index (χ0) is 18.0. The van der Waals surface area contributed by atoms with Crippen LogP contribution in [-0.4, -0.2) is 22.7 Å². The maximum atomic E-state index is 13.0. The van der Waals surface area contributed by atoms with E-state index in [9.17, 15) is 14.0 Å². The molecule has 0 fully saturated rings. The Kier molecular flexibility index (Phi) is 4.47. The maximum absolute atomic E-state index is 13.0. The average Bonchev–Trinajstić information content (AvgIpc) is 3.03. The predicted molar refractivity (Wildman–Crippen MR) is 90.7 cm³/mol. The molecule has 0 aliphatic heterocycles. The number of nitrogens with zero attached hydrogens (tertiary/aromatic N) is 3. The first-order valence-electron chi connectivity index (χ1n) is 7.65. The van der Waals surface area contributed by atoms with E-state index in [4.69, 9.17) is 4.42 Å². The average molecular weight is 341 g/mol. The summed E-state index contributed by atoms with van der Waals surface area (Å²) in [7, 11) is 1.63. The lowest BCUT2D eigenvalue weighted by Gasteiger charge is -2.20. The van der Waals surface area contributed by atoms with Crippen molar-refractivity contribution in [2.24, 2.45) is 0 Å². The minimum absolute atomic E-state index is 0.0343. The number of likely N-dealkylation sites (N-methyl/N-ethyl adjacent to an activating group) is 1. The molecule has 1 heterocycles. The summed E-state index contributed by atoms with van der Waals surface area (Å²) in [5.74, 6) is -1.43. The Balaban J connectivity index is 1.87. The van der Waals surface area contributed by atoms with Crippen molar-refractivity contribution in [1.29, 1.82) is 0 Å². The van der Waals surface area contributed by atoms with E-state index in [1.165, 1.54) is 29.2 Å². The van der Waals surface area contributed by atoms with Crippen LogP contribution < -0.4 is 10.7 Å². The van der Waals surface area contributed by atoms with Crippen LogP contribution in [0.25, 0.3) is 11.5 Å². The van der Waals surface area contributed by atoms with Crippen molar-refractivity contribution >= 4 is 11.6 Å². The number of amides is 1. The zero-order valence-corrected chi connectivity index (χ0v) is 13.7. The quantitative estimate of drug-likeness (QED) is 0.732. The van der Waals surface area contributed by atoms with E-state index in [0.29, 0.717) is 11.3 Å². The van der Waals surface area contributed by atoms with Gasteiger partial charge in [0.1, 0.15) is 11.9 Å². The molecule has 0 unspecified atom stereocenters. The first-order valence-corrected chi connectivity index (χ1v) is 7.65. The molecule has 0 bridgehead atoms. The lowest BCUT2D eigenvalue weighted by atomic mass is 10.2. The zero-order valence-electron chi connectivity index (χ0n) is 13.7. The number of rotatable bonds is 4. The third kappa shape index (κ3) is 3.35. The number of hydrogen-bond donors (Lipinski definition) is 0. The van der Waals surface area contributed by atoms with Crippen molar-refractivity contribution in [3.05, 3.63) is 71.0 Å². The Labute approximate surface area is 143 Å². The molecule has 0 N–H and O–H groups in total. The van der Waals surface area contributed by atoms with Gasteiger partial charge >= 0.3 is 5.76 Å². The highest BCUT2D eigenvalue weighted by molar-refractivity contribution is 5.95. The standard InChI is InChI=1S/C18H16FN3O3/c1-12(17(23)21(2)15-6-4-3-5-7-15)22-18(24)25-16(20-22)13-8-10-14(19)11-9-13/h3-12H,1-2H3/t12-/m0/s1. The predicted octanol–water partition coefficient (Wildman–Crippen LogP) is 2.87. The smallest absolute Gasteiger partial charge is 0.388 e. The second-order valence-electron chi connectivity index (χ2n) is 5.53. The van der Waals surface area contributed by atoms with Crippen molar-refractivity contribution in [2.45, 2.75) is 13.0 Å². The molecule has 0 saturated carbocycles. The third-order valence-corrected chi connectivity index (χ3v) is 3.86. The van der Waals surface area contributed by atoms with Gasteiger partial charge in [0.2, 0.25) is 5.89 Å². The molecule has 0 radical (unpaired) electrons. The summed E-state index contributed by atoms with van der Waals surface area (Å²) < 4.78 is 19.1. The van der Waals surface area contributed by atoms with Crippen LogP contribution in [0.2, 0.25) is 0 Å². The maximum Gasteiger partial charge on any atom is 0.438 e. The van der Waals surface area contributed by atoms with Crippen LogP contribution in [0.4, 0.5) is 10.1 Å². The van der Waals surface area contributed by atoms with Crippen LogP contribution >= 0.6 is 0 Å². The second kappa shape index (κ2) is 6.72. The van der Waals surface area contributed by atoms with Gasteiger partial charge in [-0.3, -0.25) is 4.79 Å². The summed E-state index contributed by atoms with van der Waals surface area (Å²) >= 11 is 0. The fraction of sp³-hybridized carbons (Fsp3) is 0.167. The number of anilines is 1. The number of hydrogen-bond acceptors (Lipinski definition) is 4. The van der Waals surface area contributed by atoms with E-state index in [2.05, 4.69) is 5.10 Å². The van der Waals surface area contributed by atoms with Crippen molar-refractivity contribution in [3.8, 4) is 11.5 Å². The second-order valence-corrected chi connectivity index (χ2v) is 5.53. The van der Waals surface area contributed by atoms with Gasteiger partial charge in [-0.1, -0.05) is 18.2 Å². The van der Waals surface area contributed by atoms with Gasteiger partial charge in [0.25, 0.3) is 5.91 Å². The summed E-state index contributed by atoms with van der Waals surface area (Å²) in [6, 6.07) is 13.6. The fourth-order valence-electron chi connectivity index (χ4n) is 2.41. The molecular weight excluding hydrogens is 325 g/mol. The van der Waals surface area contributed by atoms with Gasteiger partial charge in [0.15, 0.2) is 0 Å². The number of carbonyl (C=O) groups is 1. The highest BCUT2D eigenvalue weighted by Crippen LogP contribution is 2.19. The summed E-state index contributed by atoms with van der Waals surface area (Å²) in [4.78, 5) is 26.1. The molecule has 1 aromatic heterocycles. The number of halogens is 1. The Morgan fingerprint density at radius 1 is 1.16 bits per heavy atom. The Morgan fingerprint density at radius 2 is 1.80 bits per heavy atom. The first-order chi connectivity index (χ1) is 12.0. The van der Waals surface area contributed by atoms with E-state index in [0.717, 1.165) is 4.68 Å². The normalized spacial score (nSPS) is 12.0. The molecule has 0 saturated heterocycles. The van der Waals surface area contributed by atoms with Crippen molar-refractivity contribution in [2.75, 3.05) is 11.9 Å². The molecule has 0 aliphatic carbocycles. The Hall–Kier alpha value is -3.22. The first kappa shape index (κ1) is 16.6. The van der Waals surface area contributed by atoms with Gasteiger partial charge in [0.05, 0.1) is 0 Å². The molecular formula is C18H16FN3O3. The molecule has 3 rings (SSSR count). The van der Waals surface area contributed by atoms with Gasteiger partial charge in [-0.05, 0) is 43.3 Å². The van der Waals surface area contributed by atoms with Crippen LogP contribution in [0.15, 0.2) is 63.8 Å². The van der Waals surface area contributed by atoms with Crippen LogP contribution in [0.1, 0.15) is 13.0 Å². The summed E-state index contributed by atoms with van der Waals surface area (Å²) in [5.41, 5.74) is 1.16. The molecule has 6 nitrogen and oxygen atoms in total. The van der Waals surface area contributed by atoms with Gasteiger partial charge < -0.3 is 9.32 Å². The molecule has 0 spiro atoms. The molecule has 2 aromatic carbocycles. The lowest BCUT2D eigenvalue weighted by molar-refractivity contribution is -0.121. The summed E-state index contributed by atoms with van der Waals surface area (Å²) in [5, 5.41) is 4.07. The molecule has 1 amide bonds. The van der Waals surface area contributed by atoms with E-state index < -0.39 is 17.6 Å². The largest absolute Gasteiger partial charge is 0.438 e. The highest BCUT2D eigenvalue weighted by Gasteiger charge is 2.25. The molecule has 0 aliphatic rings. The monoisotopic (exact) mass is 341 g/mol. The lowest BCUT2D eigenvalue weighted by Crippen LogP contribution is -2.36. The minimum atomic E-state index is -0.851. The number of aromatic nitrogens is 2. The third-order valence-electron chi connectivity index (χ3n) is 3.86. The summed E-state index contributed by atoms with van der Waals surface area (Å²) in [6.45, 7) is 1.57. The van der Waals surface area contributed by atoms with Crippen molar-refractivity contribution in [1.82, 2.24) is 9.78 Å². The van der Waals surface area contributed by atoms with Crippen LogP contribution in [0.3, 0.4) is 0 Å². The fourth-order valence-corrected chi connectivity index (χ4v) is 2.41. The molecule has 1 atom stereocenters. The SMILES string of the molecule is C[C@@H](C(=O)N(C)c1ccccc1)n1nc(-c2ccc(F)cc2)oc1=O. The van der Waals surface area contributed by atoms with Crippen LogP contribution in [0.5, 0.6) is 0 Å². The van der Waals surface area contributed by atoms with Gasteiger partial charge in [-0.2, -0.15) is 4.68 Å². The summed E-state index contributed by atoms with van der Waals surface area (Å²) in [6.07, 6.45) is 0. The highest BCUT2D eigenvalue weighted by atomic mass is 19.1. The van der Waals surface area contributed by atoms with Crippen molar-refractivity contribution < 1.29 is 13.6 Å². The number of carbonyl (C=O) groups excluding carboxylic acids is 1. The minimum Gasteiger partial charge on any atom is -0.388 e. The van der Waals surface area contributed by atoms with E-state index in [1.54, 1.807) is 26.1 Å². The van der Waals surface area contributed by atoms with Crippen LogP contribution in [-0.2, 0) is 4.79 Å². The number of para-hydroxylation sites is 1. The van der Waals surface area contributed by atoms with E-state index >= 15 is 0 Å². The molecule has 25 heavy (non-hydrogen) atoms. The van der Waals surface area contributed by atoms with Gasteiger partial charge in [-0.25, -0.2) is 9.18 Å². The Bertz CT molecular complexity index is 932. The van der Waals surface area contributed by atoms with E-state index in [-0.39, 0.29) is 11.8 Å². The van der Waals surface area contributed by atoms with E-state index in [1.807, 2.05) is 18.2 Å². The number of benzene rings is 2. The topological polar surface area (TPSA) is 68.3 Å². The van der Waals surface area contributed by atoms with Gasteiger partial charge in [-0.15, -0.1) is 5.10 Å². The van der Waals surface area contributed by atoms with Gasteiger partial charge in [0, 0.05) is 18.3 Å². The van der Waals surface area contributed by atoms with Crippen molar-refractivity contribution in [3.63, 3.8) is 0 Å². The van der Waals surface area contributed by atoms with Crippen LogP contribution in [0, 0.1) is 5.82 Å². The molecule has 128 valence electrons.